The molecule has 13 heteroatoms. The number of imidazole rings is 2. The third kappa shape index (κ3) is 7.41. The Morgan fingerprint density at radius 3 is 2.25 bits per heavy atom. The first kappa shape index (κ1) is 36.8. The van der Waals surface area contributed by atoms with Crippen LogP contribution in [0.15, 0.2) is 91.1 Å². The van der Waals surface area contributed by atoms with Crippen LogP contribution in [0.5, 0.6) is 0 Å². The highest BCUT2D eigenvalue weighted by Gasteiger charge is 2.39. The smallest absolute Gasteiger partial charge is 0.410 e. The van der Waals surface area contributed by atoms with Crippen molar-refractivity contribution in [3.63, 3.8) is 0 Å². The maximum absolute atomic E-state index is 13.7. The van der Waals surface area contributed by atoms with E-state index in [-0.39, 0.29) is 30.7 Å². The number of hydrogen-bond acceptors (Lipinski definition) is 8. The fraction of sp³-hybridized carbons (Fsp3) is 0.326. The van der Waals surface area contributed by atoms with Crippen molar-refractivity contribution in [1.82, 2.24) is 35.1 Å². The number of nitrogens with one attached hydrogen (secondary N) is 3. The second kappa shape index (κ2) is 15.9. The van der Waals surface area contributed by atoms with Crippen LogP contribution in [0, 0.1) is 0 Å². The molecule has 4 atom stereocenters. The normalized spacial score (nSPS) is 18.0. The topological polar surface area (TPSA) is 155 Å². The van der Waals surface area contributed by atoms with Crippen LogP contribution in [0.4, 0.5) is 9.59 Å². The average Bonchev–Trinajstić information content (AvgIpc) is 4.07. The number of nitrogens with zero attached hydrogens (tertiary/aromatic N) is 4. The molecule has 2 aliphatic rings. The maximum atomic E-state index is 13.7. The lowest BCUT2D eigenvalue weighted by atomic mass is 9.99. The number of benzene rings is 4. The van der Waals surface area contributed by atoms with E-state index in [1.54, 1.807) is 16.7 Å². The Morgan fingerprint density at radius 1 is 0.821 bits per heavy atom. The van der Waals surface area contributed by atoms with Gasteiger partial charge in [-0.25, -0.2) is 19.6 Å². The van der Waals surface area contributed by atoms with Crippen LogP contribution in [0.2, 0.25) is 0 Å². The first-order chi connectivity index (χ1) is 27.3. The number of fused-ring (bicyclic) bond motifs is 2. The number of methoxy groups -OCH3 is 2. The molecule has 3 amide bonds. The third-order valence-electron chi connectivity index (χ3n) is 11.0. The van der Waals surface area contributed by atoms with E-state index in [0.717, 1.165) is 81.3 Å². The number of alkyl carbamates (subject to hydrolysis) is 1. The highest BCUT2D eigenvalue weighted by molar-refractivity contribution is 5.92. The molecule has 288 valence electrons. The van der Waals surface area contributed by atoms with Crippen LogP contribution in [0.3, 0.4) is 0 Å². The fourth-order valence-electron chi connectivity index (χ4n) is 7.87. The molecular weight excluding hydrogens is 711 g/mol. The molecule has 4 aromatic carbocycles. The molecule has 2 saturated heterocycles. The molecule has 3 N–H and O–H groups in total. The molecule has 4 heterocycles. The van der Waals surface area contributed by atoms with Crippen molar-refractivity contribution in [2.75, 3.05) is 27.3 Å². The van der Waals surface area contributed by atoms with E-state index < -0.39 is 18.2 Å². The molecular formula is C43H45N7O6. The molecule has 2 fully saturated rings. The SMILES string of the molecule is COC(=O)N[C@H](C(=O)N1CCC[C@H]1c1nc(-c2ccc3cc(-c4ccc5[nH]c([C@@H]6CCCN6C(=O)OCc6ccccc6)nc5c4)ccc3c2)c[nH]1)[C@@H](C)OC. The minimum Gasteiger partial charge on any atom is -0.453 e. The van der Waals surface area contributed by atoms with E-state index >= 15 is 0 Å². The van der Waals surface area contributed by atoms with E-state index in [4.69, 9.17) is 24.2 Å². The van der Waals surface area contributed by atoms with Gasteiger partial charge in [-0.2, -0.15) is 0 Å². The van der Waals surface area contributed by atoms with Crippen molar-refractivity contribution < 1.29 is 28.6 Å². The molecule has 2 aliphatic heterocycles. The number of aromatic amines is 2. The predicted octanol–water partition coefficient (Wildman–Crippen LogP) is 7.67. The zero-order chi connectivity index (χ0) is 38.8. The zero-order valence-electron chi connectivity index (χ0n) is 31.7. The van der Waals surface area contributed by atoms with Gasteiger partial charge in [-0.3, -0.25) is 9.69 Å². The summed E-state index contributed by atoms with van der Waals surface area (Å²) in [6.45, 7) is 3.16. The van der Waals surface area contributed by atoms with Gasteiger partial charge in [0.15, 0.2) is 0 Å². The molecule has 56 heavy (non-hydrogen) atoms. The molecule has 0 bridgehead atoms. The summed E-state index contributed by atoms with van der Waals surface area (Å²) < 4.78 is 15.8. The van der Waals surface area contributed by atoms with E-state index in [2.05, 4.69) is 63.8 Å². The van der Waals surface area contributed by atoms with Crippen molar-refractivity contribution >= 4 is 39.9 Å². The Morgan fingerprint density at radius 2 is 1.50 bits per heavy atom. The summed E-state index contributed by atoms with van der Waals surface area (Å²) in [4.78, 5) is 58.9. The average molecular weight is 756 g/mol. The Labute approximate surface area is 324 Å². The maximum Gasteiger partial charge on any atom is 0.410 e. The molecule has 0 spiro atoms. The molecule has 0 saturated carbocycles. The monoisotopic (exact) mass is 755 g/mol. The zero-order valence-corrected chi connectivity index (χ0v) is 31.7. The lowest BCUT2D eigenvalue weighted by Crippen LogP contribution is -2.54. The molecule has 8 rings (SSSR count). The summed E-state index contributed by atoms with van der Waals surface area (Å²) in [5.74, 6) is 1.23. The summed E-state index contributed by atoms with van der Waals surface area (Å²) in [5, 5.41) is 4.79. The Kier molecular flexibility index (Phi) is 10.4. The fourth-order valence-corrected chi connectivity index (χ4v) is 7.87. The number of hydrogen-bond donors (Lipinski definition) is 3. The van der Waals surface area contributed by atoms with Crippen molar-refractivity contribution in [1.29, 1.82) is 0 Å². The van der Waals surface area contributed by atoms with Crippen LogP contribution in [0.25, 0.3) is 44.2 Å². The standard InChI is InChI=1S/C43H45N7O6/c1-26(54-2)38(48-42(52)55-3)41(51)49-19-7-11-36(49)39-44-24-35(47-39)32-16-15-28-21-29(13-14-30(28)22-32)31-17-18-33-34(23-31)46-40(45-33)37-12-8-20-50(37)43(53)56-25-27-9-5-4-6-10-27/h4-6,9-10,13-18,21-24,26,36-38H,7-8,11-12,19-20,25H2,1-3H3,(H,44,47)(H,45,46)(H,48,52)/t26-,36+,37+,38+/m1/s1. The summed E-state index contributed by atoms with van der Waals surface area (Å²) in [5.41, 5.74) is 6.57. The van der Waals surface area contributed by atoms with E-state index in [0.29, 0.717) is 18.9 Å². The van der Waals surface area contributed by atoms with E-state index in [1.807, 2.05) is 42.6 Å². The van der Waals surface area contributed by atoms with Gasteiger partial charge in [-0.05, 0) is 84.3 Å². The van der Waals surface area contributed by atoms with Gasteiger partial charge in [0.1, 0.15) is 24.3 Å². The van der Waals surface area contributed by atoms with Crippen LogP contribution < -0.4 is 5.32 Å². The van der Waals surface area contributed by atoms with Gasteiger partial charge in [0.2, 0.25) is 5.91 Å². The van der Waals surface area contributed by atoms with E-state index in [9.17, 15) is 14.4 Å². The number of H-pyrrole nitrogens is 2. The van der Waals surface area contributed by atoms with Gasteiger partial charge in [-0.1, -0.05) is 60.7 Å². The number of carbonyl (C=O) groups is 3. The summed E-state index contributed by atoms with van der Waals surface area (Å²) in [6.07, 6.45) is 3.59. The molecule has 0 radical (unpaired) electrons. The van der Waals surface area contributed by atoms with Crippen LogP contribution in [-0.4, -0.2) is 87.3 Å². The second-order valence-corrected chi connectivity index (χ2v) is 14.4. The Hall–Kier alpha value is -6.21. The van der Waals surface area contributed by atoms with Gasteiger partial charge in [0, 0.05) is 32.0 Å². The second-order valence-electron chi connectivity index (χ2n) is 14.4. The van der Waals surface area contributed by atoms with Crippen LogP contribution in [0.1, 0.15) is 61.9 Å². The first-order valence-corrected chi connectivity index (χ1v) is 19.0. The van der Waals surface area contributed by atoms with Gasteiger partial charge < -0.3 is 34.4 Å². The lowest BCUT2D eigenvalue weighted by Gasteiger charge is -2.30. The quantitative estimate of drug-likeness (QED) is 0.129. The van der Waals surface area contributed by atoms with Crippen LogP contribution in [-0.2, 0) is 25.6 Å². The number of amides is 3. The Balaban J connectivity index is 0.965. The highest BCUT2D eigenvalue weighted by Crippen LogP contribution is 2.35. The number of aromatic nitrogens is 4. The first-order valence-electron chi connectivity index (χ1n) is 19.0. The number of ether oxygens (including phenoxy) is 3. The van der Waals surface area contributed by atoms with Gasteiger partial charge in [0.05, 0.1) is 42.0 Å². The van der Waals surface area contributed by atoms with Gasteiger partial charge >= 0.3 is 12.2 Å². The number of carbonyl (C=O) groups excluding carboxylic acids is 3. The van der Waals surface area contributed by atoms with Crippen molar-refractivity contribution in [3.8, 4) is 22.4 Å². The van der Waals surface area contributed by atoms with Crippen molar-refractivity contribution in [2.24, 2.45) is 0 Å². The van der Waals surface area contributed by atoms with Crippen molar-refractivity contribution in [3.05, 3.63) is 108 Å². The molecule has 6 aromatic rings. The minimum absolute atomic E-state index is 0.165. The van der Waals surface area contributed by atoms with Gasteiger partial charge in [0.25, 0.3) is 0 Å². The van der Waals surface area contributed by atoms with E-state index in [1.165, 1.54) is 14.2 Å². The van der Waals surface area contributed by atoms with Crippen molar-refractivity contribution in [2.45, 2.75) is 63.4 Å². The minimum atomic E-state index is -0.891. The third-order valence-corrected chi connectivity index (χ3v) is 11.0. The van der Waals surface area contributed by atoms with Gasteiger partial charge in [-0.15, -0.1) is 0 Å². The summed E-state index contributed by atoms with van der Waals surface area (Å²) in [6, 6.07) is 27.3. The molecule has 2 aromatic heterocycles. The molecule has 0 unspecified atom stereocenters. The summed E-state index contributed by atoms with van der Waals surface area (Å²) >= 11 is 0. The molecule has 13 nitrogen and oxygen atoms in total. The largest absolute Gasteiger partial charge is 0.453 e. The number of likely N-dealkylation sites (tertiary alicyclic amines) is 2. The highest BCUT2D eigenvalue weighted by atomic mass is 16.6. The Bertz CT molecular complexity index is 2370. The summed E-state index contributed by atoms with van der Waals surface area (Å²) in [7, 11) is 2.77. The number of rotatable bonds is 10. The van der Waals surface area contributed by atoms with Crippen LogP contribution >= 0.6 is 0 Å². The predicted molar refractivity (Wildman–Crippen MR) is 211 cm³/mol. The molecule has 0 aliphatic carbocycles. The lowest BCUT2D eigenvalue weighted by molar-refractivity contribution is -0.137.